The summed E-state index contributed by atoms with van der Waals surface area (Å²) in [6, 6.07) is 8.39. The van der Waals surface area contributed by atoms with E-state index < -0.39 is 0 Å². The summed E-state index contributed by atoms with van der Waals surface area (Å²) >= 11 is 0. The summed E-state index contributed by atoms with van der Waals surface area (Å²) < 4.78 is 0. The molecule has 2 aromatic rings. The molecule has 0 fully saturated rings. The third kappa shape index (κ3) is 2.76. The van der Waals surface area contributed by atoms with E-state index in [1.54, 1.807) is 6.33 Å². The van der Waals surface area contributed by atoms with Crippen LogP contribution in [-0.4, -0.2) is 16.5 Å². The quantitative estimate of drug-likeness (QED) is 0.915. The average Bonchev–Trinajstić information content (AvgIpc) is 3.01. The molecule has 3 rings (SSSR count). The minimum absolute atomic E-state index is 0.579. The molecule has 21 heavy (non-hydrogen) atoms. The molecule has 1 heterocycles. The molecular weight excluding hydrogens is 260 g/mol. The van der Waals surface area contributed by atoms with Crippen LogP contribution in [0.3, 0.4) is 0 Å². The van der Waals surface area contributed by atoms with E-state index in [-0.39, 0.29) is 0 Å². The molecule has 1 aliphatic rings. The monoisotopic (exact) mass is 282 g/mol. The standard InChI is InChI=1S/C17H22N4/c1-2-21(11-14-7-4-3-6-13(14)10-18)17-15-8-5-9-16(15)19-12-20-17/h3-4,6-7,12H,2,5,8-11,18H2,1H3. The first kappa shape index (κ1) is 14.0. The smallest absolute Gasteiger partial charge is 0.135 e. The number of nitrogens with zero attached hydrogens (tertiary/aromatic N) is 3. The van der Waals surface area contributed by atoms with E-state index in [0.29, 0.717) is 6.54 Å². The lowest BCUT2D eigenvalue weighted by Gasteiger charge is -2.25. The second kappa shape index (κ2) is 6.22. The van der Waals surface area contributed by atoms with Gasteiger partial charge in [-0.3, -0.25) is 0 Å². The van der Waals surface area contributed by atoms with E-state index in [1.165, 1.54) is 28.8 Å². The number of nitrogens with two attached hydrogens (primary N) is 1. The van der Waals surface area contributed by atoms with Crippen LogP contribution in [-0.2, 0) is 25.9 Å². The Morgan fingerprint density at radius 1 is 1.14 bits per heavy atom. The number of anilines is 1. The SMILES string of the molecule is CCN(Cc1ccccc1CN)c1ncnc2c1CCC2. The van der Waals surface area contributed by atoms with Crippen molar-refractivity contribution in [1.82, 2.24) is 9.97 Å². The van der Waals surface area contributed by atoms with Gasteiger partial charge in [0.05, 0.1) is 0 Å². The maximum Gasteiger partial charge on any atom is 0.135 e. The van der Waals surface area contributed by atoms with Gasteiger partial charge >= 0.3 is 0 Å². The number of fused-ring (bicyclic) bond motifs is 1. The molecule has 2 N–H and O–H groups in total. The highest BCUT2D eigenvalue weighted by molar-refractivity contribution is 5.51. The largest absolute Gasteiger partial charge is 0.352 e. The Balaban J connectivity index is 1.91. The van der Waals surface area contributed by atoms with Crippen molar-refractivity contribution in [2.24, 2.45) is 5.73 Å². The Labute approximate surface area is 126 Å². The molecule has 0 amide bonds. The van der Waals surface area contributed by atoms with Gasteiger partial charge in [-0.05, 0) is 37.3 Å². The molecule has 0 aliphatic heterocycles. The lowest BCUT2D eigenvalue weighted by molar-refractivity contribution is 0.790. The highest BCUT2D eigenvalue weighted by Crippen LogP contribution is 2.28. The Kier molecular flexibility index (Phi) is 4.15. The van der Waals surface area contributed by atoms with Crippen LogP contribution >= 0.6 is 0 Å². The Morgan fingerprint density at radius 2 is 1.95 bits per heavy atom. The molecule has 0 bridgehead atoms. The van der Waals surface area contributed by atoms with E-state index >= 15 is 0 Å². The number of hydrogen-bond donors (Lipinski definition) is 1. The van der Waals surface area contributed by atoms with Gasteiger partial charge in [0.1, 0.15) is 12.1 Å². The fraction of sp³-hybridized carbons (Fsp3) is 0.412. The highest BCUT2D eigenvalue weighted by Gasteiger charge is 2.20. The Bertz CT molecular complexity index is 624. The van der Waals surface area contributed by atoms with Gasteiger partial charge in [0.2, 0.25) is 0 Å². The molecule has 110 valence electrons. The van der Waals surface area contributed by atoms with Crippen molar-refractivity contribution < 1.29 is 0 Å². The van der Waals surface area contributed by atoms with Crippen molar-refractivity contribution in [3.8, 4) is 0 Å². The average molecular weight is 282 g/mol. The zero-order valence-corrected chi connectivity index (χ0v) is 12.5. The van der Waals surface area contributed by atoms with Crippen LogP contribution in [0.2, 0.25) is 0 Å². The molecule has 0 spiro atoms. The van der Waals surface area contributed by atoms with E-state index in [1.807, 2.05) is 6.07 Å². The molecule has 0 saturated carbocycles. The second-order valence-corrected chi connectivity index (χ2v) is 5.46. The molecule has 0 atom stereocenters. The van der Waals surface area contributed by atoms with Crippen LogP contribution in [0.25, 0.3) is 0 Å². The summed E-state index contributed by atoms with van der Waals surface area (Å²) in [6.07, 6.45) is 5.08. The molecule has 1 aromatic carbocycles. The molecule has 1 aliphatic carbocycles. The zero-order valence-electron chi connectivity index (χ0n) is 12.5. The van der Waals surface area contributed by atoms with Crippen LogP contribution in [0.5, 0.6) is 0 Å². The fourth-order valence-electron chi connectivity index (χ4n) is 3.07. The predicted molar refractivity (Wildman–Crippen MR) is 85.1 cm³/mol. The Morgan fingerprint density at radius 3 is 2.71 bits per heavy atom. The molecule has 1 aromatic heterocycles. The van der Waals surface area contributed by atoms with E-state index in [2.05, 4.69) is 40.0 Å². The van der Waals surface area contributed by atoms with Crippen molar-refractivity contribution in [2.45, 2.75) is 39.3 Å². The topological polar surface area (TPSA) is 55.0 Å². The summed E-state index contributed by atoms with van der Waals surface area (Å²) in [5.41, 5.74) is 10.9. The molecule has 4 nitrogen and oxygen atoms in total. The normalized spacial score (nSPS) is 13.2. The first-order valence-electron chi connectivity index (χ1n) is 7.68. The van der Waals surface area contributed by atoms with Gasteiger partial charge in [0.25, 0.3) is 0 Å². The first-order chi connectivity index (χ1) is 10.3. The van der Waals surface area contributed by atoms with Gasteiger partial charge in [-0.1, -0.05) is 24.3 Å². The van der Waals surface area contributed by atoms with Crippen molar-refractivity contribution in [1.29, 1.82) is 0 Å². The van der Waals surface area contributed by atoms with Gasteiger partial charge in [-0.15, -0.1) is 0 Å². The second-order valence-electron chi connectivity index (χ2n) is 5.46. The maximum atomic E-state index is 5.85. The molecule has 4 heteroatoms. The Hall–Kier alpha value is -1.94. The van der Waals surface area contributed by atoms with E-state index in [0.717, 1.165) is 31.7 Å². The predicted octanol–water partition coefficient (Wildman–Crippen LogP) is 2.45. The van der Waals surface area contributed by atoms with Gasteiger partial charge in [-0.25, -0.2) is 9.97 Å². The molecule has 0 unspecified atom stereocenters. The van der Waals surface area contributed by atoms with Crippen LogP contribution < -0.4 is 10.6 Å². The molecular formula is C17H22N4. The van der Waals surface area contributed by atoms with Crippen molar-refractivity contribution in [3.63, 3.8) is 0 Å². The van der Waals surface area contributed by atoms with E-state index in [4.69, 9.17) is 5.73 Å². The summed E-state index contributed by atoms with van der Waals surface area (Å²) in [5.74, 6) is 1.10. The molecule has 0 saturated heterocycles. The third-order valence-corrected chi connectivity index (χ3v) is 4.23. The number of hydrogen-bond acceptors (Lipinski definition) is 4. The minimum atomic E-state index is 0.579. The number of aryl methyl sites for hydroxylation is 1. The number of benzene rings is 1. The molecule has 0 radical (unpaired) electrons. The van der Waals surface area contributed by atoms with Crippen molar-refractivity contribution in [3.05, 3.63) is 53.0 Å². The van der Waals surface area contributed by atoms with Gasteiger partial charge in [0.15, 0.2) is 0 Å². The lowest BCUT2D eigenvalue weighted by atomic mass is 10.1. The highest BCUT2D eigenvalue weighted by atomic mass is 15.2. The summed E-state index contributed by atoms with van der Waals surface area (Å²) in [4.78, 5) is 11.3. The van der Waals surface area contributed by atoms with Crippen LogP contribution in [0, 0.1) is 0 Å². The van der Waals surface area contributed by atoms with Gasteiger partial charge in [0, 0.05) is 30.9 Å². The fourth-order valence-corrected chi connectivity index (χ4v) is 3.07. The summed E-state index contributed by atoms with van der Waals surface area (Å²) in [6.45, 7) is 4.54. The third-order valence-electron chi connectivity index (χ3n) is 4.23. The van der Waals surface area contributed by atoms with Gasteiger partial charge in [-0.2, -0.15) is 0 Å². The zero-order chi connectivity index (χ0) is 14.7. The van der Waals surface area contributed by atoms with Gasteiger partial charge < -0.3 is 10.6 Å². The minimum Gasteiger partial charge on any atom is -0.352 e. The lowest BCUT2D eigenvalue weighted by Crippen LogP contribution is -2.25. The van der Waals surface area contributed by atoms with Crippen molar-refractivity contribution in [2.75, 3.05) is 11.4 Å². The van der Waals surface area contributed by atoms with Crippen LogP contribution in [0.1, 0.15) is 35.7 Å². The number of rotatable bonds is 5. The van der Waals surface area contributed by atoms with Crippen LogP contribution in [0.4, 0.5) is 5.82 Å². The van der Waals surface area contributed by atoms with E-state index in [9.17, 15) is 0 Å². The first-order valence-corrected chi connectivity index (χ1v) is 7.68. The summed E-state index contributed by atoms with van der Waals surface area (Å²) in [5, 5.41) is 0. The number of aromatic nitrogens is 2. The maximum absolute atomic E-state index is 5.85. The van der Waals surface area contributed by atoms with Crippen molar-refractivity contribution >= 4 is 5.82 Å². The summed E-state index contributed by atoms with van der Waals surface area (Å²) in [7, 11) is 0. The van der Waals surface area contributed by atoms with Crippen LogP contribution in [0.15, 0.2) is 30.6 Å².